The van der Waals surface area contributed by atoms with Crippen molar-refractivity contribution in [3.8, 4) is 11.5 Å². The molecule has 0 N–H and O–H groups in total. The molecule has 0 bridgehead atoms. The molecule has 1 amide bonds. The van der Waals surface area contributed by atoms with Crippen molar-refractivity contribution < 1.29 is 28.6 Å². The van der Waals surface area contributed by atoms with Crippen molar-refractivity contribution in [2.75, 3.05) is 20.3 Å². The highest BCUT2D eigenvalue weighted by Crippen LogP contribution is 2.29. The number of hydrogen-bond donors (Lipinski definition) is 0. The third kappa shape index (κ3) is 4.56. The van der Waals surface area contributed by atoms with Crippen LogP contribution in [0.3, 0.4) is 0 Å². The van der Waals surface area contributed by atoms with Gasteiger partial charge in [0.1, 0.15) is 12.3 Å². The summed E-state index contributed by atoms with van der Waals surface area (Å²) in [4.78, 5) is 37.6. The topological polar surface area (TPSA) is 82.1 Å². The number of benzene rings is 2. The van der Waals surface area contributed by atoms with Crippen molar-refractivity contribution >= 4 is 18.2 Å². The minimum atomic E-state index is -0.699. The van der Waals surface area contributed by atoms with Gasteiger partial charge in [0.05, 0.1) is 13.7 Å². The maximum Gasteiger partial charge on any atom is 0.328 e. The van der Waals surface area contributed by atoms with Gasteiger partial charge in [-0.3, -0.25) is 9.59 Å². The van der Waals surface area contributed by atoms with Gasteiger partial charge in [-0.05, 0) is 36.2 Å². The zero-order valence-electron chi connectivity index (χ0n) is 16.4. The van der Waals surface area contributed by atoms with Crippen molar-refractivity contribution in [2.45, 2.75) is 25.9 Å². The second-order valence-corrected chi connectivity index (χ2v) is 6.58. The summed E-state index contributed by atoms with van der Waals surface area (Å²) in [5, 5.41) is 0. The summed E-state index contributed by atoms with van der Waals surface area (Å²) in [6.45, 7) is 2.24. The lowest BCUT2D eigenvalue weighted by Gasteiger charge is -2.35. The summed E-state index contributed by atoms with van der Waals surface area (Å²) in [5.41, 5.74) is 2.47. The number of hydrogen-bond acceptors (Lipinski definition) is 6. The number of carbonyl (C=O) groups excluding carboxylic acids is 3. The van der Waals surface area contributed by atoms with Gasteiger partial charge in [0.15, 0.2) is 18.1 Å². The summed E-state index contributed by atoms with van der Waals surface area (Å²) in [6.07, 6.45) is 1.11. The van der Waals surface area contributed by atoms with Crippen LogP contribution in [0, 0.1) is 0 Å². The van der Waals surface area contributed by atoms with Gasteiger partial charge in [-0.2, -0.15) is 0 Å². The van der Waals surface area contributed by atoms with Gasteiger partial charge in [0, 0.05) is 18.5 Å². The Bertz CT molecular complexity index is 910. The van der Waals surface area contributed by atoms with E-state index in [9.17, 15) is 14.4 Å². The number of esters is 1. The van der Waals surface area contributed by atoms with Crippen LogP contribution in [-0.2, 0) is 27.3 Å². The molecule has 0 fully saturated rings. The number of rotatable bonds is 7. The van der Waals surface area contributed by atoms with E-state index in [1.54, 1.807) is 18.2 Å². The van der Waals surface area contributed by atoms with Crippen LogP contribution in [0.4, 0.5) is 0 Å². The predicted molar refractivity (Wildman–Crippen MR) is 105 cm³/mol. The SMILES string of the molecule is CCOc1cc(C=O)ccc1OCC(=O)N1Cc2ccccc2C[C@@H]1C(=O)OC. The third-order valence-electron chi connectivity index (χ3n) is 4.80. The van der Waals surface area contributed by atoms with Crippen molar-refractivity contribution in [1.29, 1.82) is 0 Å². The predicted octanol–water partition coefficient (Wildman–Crippen LogP) is 2.40. The Labute approximate surface area is 169 Å². The Morgan fingerprint density at radius 2 is 1.86 bits per heavy atom. The quantitative estimate of drug-likeness (QED) is 0.527. The number of ether oxygens (including phenoxy) is 3. The van der Waals surface area contributed by atoms with E-state index in [-0.39, 0.29) is 12.5 Å². The second kappa shape index (κ2) is 9.23. The van der Waals surface area contributed by atoms with Crippen molar-refractivity contribution in [3.05, 3.63) is 59.2 Å². The van der Waals surface area contributed by atoms with E-state index < -0.39 is 12.0 Å². The Kier molecular flexibility index (Phi) is 6.49. The first-order valence-corrected chi connectivity index (χ1v) is 9.36. The highest BCUT2D eigenvalue weighted by Gasteiger charge is 2.35. The van der Waals surface area contributed by atoms with Gasteiger partial charge in [-0.25, -0.2) is 4.79 Å². The van der Waals surface area contributed by atoms with Gasteiger partial charge in [-0.1, -0.05) is 24.3 Å². The largest absolute Gasteiger partial charge is 0.490 e. The highest BCUT2D eigenvalue weighted by molar-refractivity contribution is 5.86. The maximum atomic E-state index is 12.9. The second-order valence-electron chi connectivity index (χ2n) is 6.58. The first-order valence-electron chi connectivity index (χ1n) is 9.36. The Morgan fingerprint density at radius 1 is 1.10 bits per heavy atom. The monoisotopic (exact) mass is 397 g/mol. The van der Waals surface area contributed by atoms with Crippen LogP contribution >= 0.6 is 0 Å². The number of carbonyl (C=O) groups is 3. The molecular weight excluding hydrogens is 374 g/mol. The summed E-state index contributed by atoms with van der Waals surface area (Å²) < 4.78 is 16.1. The minimum Gasteiger partial charge on any atom is -0.490 e. The number of amides is 1. The average Bonchev–Trinajstić information content (AvgIpc) is 2.76. The fourth-order valence-electron chi connectivity index (χ4n) is 3.34. The first kappa shape index (κ1) is 20.4. The maximum absolute atomic E-state index is 12.9. The number of aldehydes is 1. The van der Waals surface area contributed by atoms with Crippen LogP contribution in [0.15, 0.2) is 42.5 Å². The molecule has 1 heterocycles. The summed E-state index contributed by atoms with van der Waals surface area (Å²) in [7, 11) is 1.31. The van der Waals surface area contributed by atoms with E-state index in [1.165, 1.54) is 12.0 Å². The van der Waals surface area contributed by atoms with Gasteiger partial charge in [0.2, 0.25) is 0 Å². The van der Waals surface area contributed by atoms with E-state index in [2.05, 4.69) is 0 Å². The molecule has 7 nitrogen and oxygen atoms in total. The minimum absolute atomic E-state index is 0.268. The van der Waals surface area contributed by atoms with Crippen molar-refractivity contribution in [2.24, 2.45) is 0 Å². The standard InChI is InChI=1S/C22H23NO6/c1-3-28-20-10-15(13-24)8-9-19(20)29-14-21(25)23-12-17-7-5-4-6-16(17)11-18(23)22(26)27-2/h4-10,13,18H,3,11-12,14H2,1-2H3/t18-/m1/s1. The molecule has 0 aliphatic carbocycles. The molecular formula is C22H23NO6. The normalized spacial score (nSPS) is 15.2. The van der Waals surface area contributed by atoms with Crippen LogP contribution in [0.2, 0.25) is 0 Å². The highest BCUT2D eigenvalue weighted by atomic mass is 16.5. The van der Waals surface area contributed by atoms with Gasteiger partial charge < -0.3 is 19.1 Å². The molecule has 152 valence electrons. The van der Waals surface area contributed by atoms with Crippen molar-refractivity contribution in [3.63, 3.8) is 0 Å². The Morgan fingerprint density at radius 3 is 2.55 bits per heavy atom. The van der Waals surface area contributed by atoms with Gasteiger partial charge in [-0.15, -0.1) is 0 Å². The lowest BCUT2D eigenvalue weighted by atomic mass is 9.94. The van der Waals surface area contributed by atoms with Crippen LogP contribution in [0.1, 0.15) is 28.4 Å². The van der Waals surface area contributed by atoms with E-state index in [1.807, 2.05) is 31.2 Å². The zero-order valence-corrected chi connectivity index (χ0v) is 16.4. The van der Waals surface area contributed by atoms with Crippen LogP contribution in [-0.4, -0.2) is 49.4 Å². The molecule has 3 rings (SSSR count). The Balaban J connectivity index is 1.77. The lowest BCUT2D eigenvalue weighted by molar-refractivity contribution is -0.154. The molecule has 2 aromatic carbocycles. The molecule has 0 unspecified atom stereocenters. The van der Waals surface area contributed by atoms with Crippen LogP contribution in [0.25, 0.3) is 0 Å². The summed E-state index contributed by atoms with van der Waals surface area (Å²) in [6, 6.07) is 11.7. The summed E-state index contributed by atoms with van der Waals surface area (Å²) >= 11 is 0. The number of methoxy groups -OCH3 is 1. The molecule has 7 heteroatoms. The molecule has 0 saturated heterocycles. The molecule has 1 aliphatic rings. The van der Waals surface area contributed by atoms with E-state index in [4.69, 9.17) is 14.2 Å². The molecule has 0 spiro atoms. The van der Waals surface area contributed by atoms with E-state index >= 15 is 0 Å². The molecule has 1 aliphatic heterocycles. The fraction of sp³-hybridized carbons (Fsp3) is 0.318. The van der Waals surface area contributed by atoms with E-state index in [0.29, 0.717) is 42.9 Å². The van der Waals surface area contributed by atoms with E-state index in [0.717, 1.165) is 11.1 Å². The van der Waals surface area contributed by atoms with Crippen LogP contribution < -0.4 is 9.47 Å². The van der Waals surface area contributed by atoms with Gasteiger partial charge >= 0.3 is 5.97 Å². The fourth-order valence-corrected chi connectivity index (χ4v) is 3.34. The molecule has 29 heavy (non-hydrogen) atoms. The van der Waals surface area contributed by atoms with Crippen LogP contribution in [0.5, 0.6) is 11.5 Å². The van der Waals surface area contributed by atoms with Crippen molar-refractivity contribution in [1.82, 2.24) is 4.90 Å². The average molecular weight is 397 g/mol. The summed E-state index contributed by atoms with van der Waals surface area (Å²) in [5.74, 6) is -0.0498. The molecule has 0 aromatic heterocycles. The number of fused-ring (bicyclic) bond motifs is 1. The molecule has 2 aromatic rings. The zero-order chi connectivity index (χ0) is 20.8. The van der Waals surface area contributed by atoms with Gasteiger partial charge in [0.25, 0.3) is 5.91 Å². The smallest absolute Gasteiger partial charge is 0.328 e. The third-order valence-corrected chi connectivity index (χ3v) is 4.80. The Hall–Kier alpha value is -3.35. The number of nitrogens with zero attached hydrogens (tertiary/aromatic N) is 1. The molecule has 1 atom stereocenters. The first-order chi connectivity index (χ1) is 14.1. The molecule has 0 saturated carbocycles. The lowest BCUT2D eigenvalue weighted by Crippen LogP contribution is -2.50. The molecule has 0 radical (unpaired) electrons.